The Labute approximate surface area is 85.3 Å². The van der Waals surface area contributed by atoms with Gasteiger partial charge in [-0.1, -0.05) is 12.2 Å². The first kappa shape index (κ1) is 13.2. The van der Waals surface area contributed by atoms with E-state index in [0.717, 1.165) is 0 Å². The number of hydrogen-bond donors (Lipinski definition) is 1. The van der Waals surface area contributed by atoms with Crippen LogP contribution < -0.4 is 5.32 Å². The molecule has 0 rings (SSSR count). The molecule has 0 aliphatic rings. The van der Waals surface area contributed by atoms with E-state index in [1.165, 1.54) is 0 Å². The van der Waals surface area contributed by atoms with Crippen molar-refractivity contribution in [3.63, 3.8) is 0 Å². The Kier molecular flexibility index (Phi) is 6.19. The van der Waals surface area contributed by atoms with Crippen LogP contribution in [0.15, 0.2) is 12.2 Å². The number of sulfone groups is 1. The predicted octanol–water partition coefficient (Wildman–Crippen LogP) is 0.503. The molecule has 14 heavy (non-hydrogen) atoms. The van der Waals surface area contributed by atoms with Crippen LogP contribution in [0.3, 0.4) is 0 Å². The van der Waals surface area contributed by atoms with Crippen molar-refractivity contribution in [2.24, 2.45) is 0 Å². The zero-order valence-electron chi connectivity index (χ0n) is 8.62. The first-order valence-corrected chi connectivity index (χ1v) is 6.42. The number of hydrogen-bond acceptors (Lipinski definition) is 3. The third-order valence-electron chi connectivity index (χ3n) is 1.60. The summed E-state index contributed by atoms with van der Waals surface area (Å²) in [7, 11) is -3.10. The summed E-state index contributed by atoms with van der Waals surface area (Å²) in [5.74, 6) is -0.275. The van der Waals surface area contributed by atoms with Gasteiger partial charge in [0, 0.05) is 13.0 Å². The summed E-state index contributed by atoms with van der Waals surface area (Å²) in [6, 6.07) is 0. The van der Waals surface area contributed by atoms with E-state index in [1.54, 1.807) is 26.0 Å². The topological polar surface area (TPSA) is 63.2 Å². The molecule has 0 spiro atoms. The van der Waals surface area contributed by atoms with E-state index in [9.17, 15) is 13.2 Å². The molecule has 0 saturated carbocycles. The molecule has 0 atom stereocenters. The summed E-state index contributed by atoms with van der Waals surface area (Å²) in [5.41, 5.74) is 0. The largest absolute Gasteiger partial charge is 0.356 e. The van der Waals surface area contributed by atoms with E-state index in [0.29, 0.717) is 6.54 Å². The van der Waals surface area contributed by atoms with Gasteiger partial charge in [0.1, 0.15) is 0 Å². The number of carbonyl (C=O) groups excluding carboxylic acids is 1. The lowest BCUT2D eigenvalue weighted by atomic mass is 10.4. The second-order valence-electron chi connectivity index (χ2n) is 2.89. The standard InChI is InChI=1S/C9H17NO3S/c1-3-5-7-14(12,13)8-6-9(11)10-4-2/h3,5H,4,6-8H2,1-2H3,(H,10,11)/b5-3+. The SMILES string of the molecule is C/C=C/CS(=O)(=O)CCC(=O)NCC. The summed E-state index contributed by atoms with van der Waals surface area (Å²) in [4.78, 5) is 11.0. The molecule has 1 amide bonds. The van der Waals surface area contributed by atoms with Crippen LogP contribution in [-0.2, 0) is 14.6 Å². The van der Waals surface area contributed by atoms with Gasteiger partial charge in [-0.15, -0.1) is 0 Å². The highest BCUT2D eigenvalue weighted by Crippen LogP contribution is 1.95. The van der Waals surface area contributed by atoms with E-state index < -0.39 is 9.84 Å². The fourth-order valence-corrected chi connectivity index (χ4v) is 2.01. The maximum Gasteiger partial charge on any atom is 0.221 e. The fraction of sp³-hybridized carbons (Fsp3) is 0.667. The number of amides is 1. The van der Waals surface area contributed by atoms with E-state index >= 15 is 0 Å². The first-order chi connectivity index (χ1) is 6.52. The summed E-state index contributed by atoms with van der Waals surface area (Å²) in [6.07, 6.45) is 3.31. The Balaban J connectivity index is 3.93. The Morgan fingerprint density at radius 2 is 2.07 bits per heavy atom. The van der Waals surface area contributed by atoms with Crippen molar-refractivity contribution in [2.75, 3.05) is 18.1 Å². The van der Waals surface area contributed by atoms with Crippen molar-refractivity contribution >= 4 is 15.7 Å². The third kappa shape index (κ3) is 6.65. The summed E-state index contributed by atoms with van der Waals surface area (Å²) in [6.45, 7) is 4.10. The molecule has 0 bridgehead atoms. The van der Waals surface area contributed by atoms with Crippen LogP contribution in [0.1, 0.15) is 20.3 Å². The minimum atomic E-state index is -3.10. The molecule has 0 saturated heterocycles. The average molecular weight is 219 g/mol. The summed E-state index contributed by atoms with van der Waals surface area (Å²) < 4.78 is 22.5. The van der Waals surface area contributed by atoms with Crippen molar-refractivity contribution in [3.8, 4) is 0 Å². The van der Waals surface area contributed by atoms with Crippen molar-refractivity contribution in [1.82, 2.24) is 5.32 Å². The van der Waals surface area contributed by atoms with Crippen molar-refractivity contribution in [1.29, 1.82) is 0 Å². The fourth-order valence-electron chi connectivity index (χ4n) is 0.860. The molecule has 0 aromatic heterocycles. The highest BCUT2D eigenvalue weighted by atomic mass is 32.2. The molecule has 1 N–H and O–H groups in total. The van der Waals surface area contributed by atoms with Gasteiger partial charge >= 0.3 is 0 Å². The molecule has 0 aliphatic heterocycles. The van der Waals surface area contributed by atoms with Crippen LogP contribution in [-0.4, -0.2) is 32.4 Å². The van der Waals surface area contributed by atoms with Gasteiger partial charge in [-0.25, -0.2) is 8.42 Å². The van der Waals surface area contributed by atoms with Crippen molar-refractivity contribution in [2.45, 2.75) is 20.3 Å². The van der Waals surface area contributed by atoms with Gasteiger partial charge < -0.3 is 5.32 Å². The molecule has 0 heterocycles. The molecule has 4 nitrogen and oxygen atoms in total. The second-order valence-corrected chi connectivity index (χ2v) is 5.12. The van der Waals surface area contributed by atoms with Crippen LogP contribution in [0.2, 0.25) is 0 Å². The Morgan fingerprint density at radius 3 is 2.57 bits per heavy atom. The minimum absolute atomic E-state index is 0.0168. The predicted molar refractivity (Wildman–Crippen MR) is 56.8 cm³/mol. The monoisotopic (exact) mass is 219 g/mol. The number of allylic oxidation sites excluding steroid dienone is 1. The van der Waals surface area contributed by atoms with Crippen molar-refractivity contribution in [3.05, 3.63) is 12.2 Å². The zero-order chi connectivity index (χ0) is 11.0. The Morgan fingerprint density at radius 1 is 1.43 bits per heavy atom. The van der Waals surface area contributed by atoms with Crippen LogP contribution in [0.4, 0.5) is 0 Å². The number of carbonyl (C=O) groups is 1. The zero-order valence-corrected chi connectivity index (χ0v) is 9.43. The molecular formula is C9H17NO3S. The molecule has 0 aliphatic carbocycles. The molecule has 0 aromatic rings. The summed E-state index contributed by atoms with van der Waals surface area (Å²) >= 11 is 0. The molecule has 0 aromatic carbocycles. The lowest BCUT2D eigenvalue weighted by molar-refractivity contribution is -0.120. The van der Waals surface area contributed by atoms with Crippen LogP contribution >= 0.6 is 0 Å². The normalized spacial score (nSPS) is 11.9. The highest BCUT2D eigenvalue weighted by molar-refractivity contribution is 7.91. The lowest BCUT2D eigenvalue weighted by Gasteiger charge is -2.02. The maximum absolute atomic E-state index is 11.3. The van der Waals surface area contributed by atoms with E-state index in [4.69, 9.17) is 0 Å². The van der Waals surface area contributed by atoms with Crippen LogP contribution in [0.25, 0.3) is 0 Å². The van der Waals surface area contributed by atoms with Gasteiger partial charge in [-0.05, 0) is 13.8 Å². The van der Waals surface area contributed by atoms with Gasteiger partial charge in [0.25, 0.3) is 0 Å². The van der Waals surface area contributed by atoms with Gasteiger partial charge in [-0.2, -0.15) is 0 Å². The molecule has 0 unspecified atom stereocenters. The van der Waals surface area contributed by atoms with Gasteiger partial charge in [0.2, 0.25) is 5.91 Å². The molecule has 0 fully saturated rings. The first-order valence-electron chi connectivity index (χ1n) is 4.60. The highest BCUT2D eigenvalue weighted by Gasteiger charge is 2.10. The van der Waals surface area contributed by atoms with Gasteiger partial charge in [0.05, 0.1) is 11.5 Å². The van der Waals surface area contributed by atoms with E-state index in [-0.39, 0.29) is 23.8 Å². The van der Waals surface area contributed by atoms with Crippen LogP contribution in [0.5, 0.6) is 0 Å². The molecule has 82 valence electrons. The molecular weight excluding hydrogens is 202 g/mol. The maximum atomic E-state index is 11.3. The van der Waals surface area contributed by atoms with E-state index in [2.05, 4.69) is 5.32 Å². The molecule has 0 radical (unpaired) electrons. The quantitative estimate of drug-likeness (QED) is 0.662. The lowest BCUT2D eigenvalue weighted by Crippen LogP contribution is -2.25. The Hall–Kier alpha value is -0.840. The number of rotatable bonds is 6. The average Bonchev–Trinajstić information content (AvgIpc) is 2.13. The van der Waals surface area contributed by atoms with Crippen molar-refractivity contribution < 1.29 is 13.2 Å². The Bertz CT molecular complexity index is 293. The number of nitrogens with one attached hydrogen (secondary N) is 1. The summed E-state index contributed by atoms with van der Waals surface area (Å²) in [5, 5.41) is 2.55. The van der Waals surface area contributed by atoms with E-state index in [1.807, 2.05) is 0 Å². The second kappa shape index (κ2) is 6.59. The van der Waals surface area contributed by atoms with Gasteiger partial charge in [0.15, 0.2) is 9.84 Å². The smallest absolute Gasteiger partial charge is 0.221 e. The minimum Gasteiger partial charge on any atom is -0.356 e. The van der Waals surface area contributed by atoms with Gasteiger partial charge in [-0.3, -0.25) is 4.79 Å². The molecule has 5 heteroatoms. The third-order valence-corrected chi connectivity index (χ3v) is 3.13. The van der Waals surface area contributed by atoms with Crippen LogP contribution in [0, 0.1) is 0 Å².